The van der Waals surface area contributed by atoms with Gasteiger partial charge in [-0.15, -0.1) is 0 Å². The summed E-state index contributed by atoms with van der Waals surface area (Å²) in [7, 11) is 0. The Morgan fingerprint density at radius 1 is 1.15 bits per heavy atom. The molecule has 0 aromatic heterocycles. The molecule has 0 radical (unpaired) electrons. The molecule has 0 saturated carbocycles. The highest BCUT2D eigenvalue weighted by Gasteiger charge is 2.05. The zero-order valence-electron chi connectivity index (χ0n) is 13.2. The Kier molecular flexibility index (Phi) is 8.28. The predicted octanol–water partition coefficient (Wildman–Crippen LogP) is 4.21. The SMILES string of the molecule is CCCCCC(C)NCCN(CC)c1ccc(F)cc1. The first-order valence-electron chi connectivity index (χ1n) is 7.91. The number of hydrogen-bond acceptors (Lipinski definition) is 2. The van der Waals surface area contributed by atoms with Crippen LogP contribution in [-0.2, 0) is 0 Å². The minimum absolute atomic E-state index is 0.174. The average molecular weight is 280 g/mol. The van der Waals surface area contributed by atoms with Crippen LogP contribution in [0.25, 0.3) is 0 Å². The van der Waals surface area contributed by atoms with Crippen molar-refractivity contribution in [1.82, 2.24) is 5.32 Å². The number of rotatable bonds is 10. The van der Waals surface area contributed by atoms with Crippen LogP contribution in [0, 0.1) is 5.82 Å². The lowest BCUT2D eigenvalue weighted by Crippen LogP contribution is -2.36. The van der Waals surface area contributed by atoms with E-state index in [1.165, 1.54) is 37.8 Å². The molecule has 1 N–H and O–H groups in total. The highest BCUT2D eigenvalue weighted by Crippen LogP contribution is 2.14. The summed E-state index contributed by atoms with van der Waals surface area (Å²) >= 11 is 0. The fourth-order valence-corrected chi connectivity index (χ4v) is 2.37. The standard InChI is InChI=1S/C17H29FN2/c1-4-6-7-8-15(3)19-13-14-20(5-2)17-11-9-16(18)10-12-17/h9-12,15,19H,4-8,13-14H2,1-3H3. The maximum absolute atomic E-state index is 12.9. The lowest BCUT2D eigenvalue weighted by Gasteiger charge is -2.24. The van der Waals surface area contributed by atoms with Crippen LogP contribution in [0.15, 0.2) is 24.3 Å². The van der Waals surface area contributed by atoms with Crippen molar-refractivity contribution in [3.63, 3.8) is 0 Å². The minimum atomic E-state index is -0.174. The second-order valence-corrected chi connectivity index (χ2v) is 5.41. The van der Waals surface area contributed by atoms with Crippen molar-refractivity contribution in [3.8, 4) is 0 Å². The number of benzene rings is 1. The van der Waals surface area contributed by atoms with Gasteiger partial charge in [0.1, 0.15) is 5.82 Å². The molecule has 2 nitrogen and oxygen atoms in total. The Balaban J connectivity index is 2.29. The van der Waals surface area contributed by atoms with Gasteiger partial charge in [0, 0.05) is 31.4 Å². The molecule has 0 aliphatic carbocycles. The second kappa shape index (κ2) is 9.76. The van der Waals surface area contributed by atoms with Crippen LogP contribution >= 0.6 is 0 Å². The number of nitrogens with zero attached hydrogens (tertiary/aromatic N) is 1. The van der Waals surface area contributed by atoms with Crippen LogP contribution in [0.2, 0.25) is 0 Å². The summed E-state index contributed by atoms with van der Waals surface area (Å²) in [4.78, 5) is 2.27. The number of hydrogen-bond donors (Lipinski definition) is 1. The molecule has 0 heterocycles. The number of unbranched alkanes of at least 4 members (excludes halogenated alkanes) is 2. The van der Waals surface area contributed by atoms with Crippen LogP contribution in [0.3, 0.4) is 0 Å². The molecule has 0 saturated heterocycles. The van der Waals surface area contributed by atoms with E-state index < -0.39 is 0 Å². The molecule has 0 amide bonds. The van der Waals surface area contributed by atoms with E-state index >= 15 is 0 Å². The van der Waals surface area contributed by atoms with E-state index in [2.05, 4.69) is 31.0 Å². The Hall–Kier alpha value is -1.09. The third-order valence-electron chi connectivity index (χ3n) is 3.69. The molecule has 1 unspecified atom stereocenters. The van der Waals surface area contributed by atoms with Gasteiger partial charge in [-0.1, -0.05) is 26.2 Å². The van der Waals surface area contributed by atoms with Crippen molar-refractivity contribution in [2.45, 2.75) is 52.5 Å². The summed E-state index contributed by atoms with van der Waals surface area (Å²) in [5, 5.41) is 3.57. The second-order valence-electron chi connectivity index (χ2n) is 5.41. The smallest absolute Gasteiger partial charge is 0.123 e. The van der Waals surface area contributed by atoms with Gasteiger partial charge in [0.25, 0.3) is 0 Å². The minimum Gasteiger partial charge on any atom is -0.371 e. The number of nitrogens with one attached hydrogen (secondary N) is 1. The van der Waals surface area contributed by atoms with E-state index in [1.54, 1.807) is 0 Å². The third kappa shape index (κ3) is 6.38. The Morgan fingerprint density at radius 3 is 2.45 bits per heavy atom. The van der Waals surface area contributed by atoms with Crippen LogP contribution in [-0.4, -0.2) is 25.7 Å². The maximum Gasteiger partial charge on any atom is 0.123 e. The monoisotopic (exact) mass is 280 g/mol. The molecular weight excluding hydrogens is 251 g/mol. The van der Waals surface area contributed by atoms with Gasteiger partial charge >= 0.3 is 0 Å². The van der Waals surface area contributed by atoms with E-state index in [4.69, 9.17) is 0 Å². The van der Waals surface area contributed by atoms with Crippen LogP contribution in [0.5, 0.6) is 0 Å². The molecule has 0 aliphatic rings. The van der Waals surface area contributed by atoms with Gasteiger partial charge in [0.15, 0.2) is 0 Å². The highest BCUT2D eigenvalue weighted by molar-refractivity contribution is 5.46. The molecule has 3 heteroatoms. The Bertz CT molecular complexity index is 351. The van der Waals surface area contributed by atoms with Crippen molar-refractivity contribution in [3.05, 3.63) is 30.1 Å². The summed E-state index contributed by atoms with van der Waals surface area (Å²) < 4.78 is 12.9. The van der Waals surface area contributed by atoms with Crippen LogP contribution in [0.4, 0.5) is 10.1 Å². The molecule has 0 fully saturated rings. The molecule has 1 aromatic rings. The molecule has 20 heavy (non-hydrogen) atoms. The molecule has 0 aliphatic heterocycles. The normalized spacial score (nSPS) is 12.4. The fourth-order valence-electron chi connectivity index (χ4n) is 2.37. The number of anilines is 1. The first-order chi connectivity index (χ1) is 9.67. The zero-order chi connectivity index (χ0) is 14.8. The van der Waals surface area contributed by atoms with E-state index in [0.29, 0.717) is 6.04 Å². The predicted molar refractivity (Wildman–Crippen MR) is 85.9 cm³/mol. The average Bonchev–Trinajstić information content (AvgIpc) is 2.45. The van der Waals surface area contributed by atoms with E-state index in [9.17, 15) is 4.39 Å². The highest BCUT2D eigenvalue weighted by atomic mass is 19.1. The summed E-state index contributed by atoms with van der Waals surface area (Å²) in [6.07, 6.45) is 5.15. The first-order valence-corrected chi connectivity index (χ1v) is 7.91. The van der Waals surface area contributed by atoms with Crippen molar-refractivity contribution < 1.29 is 4.39 Å². The summed E-state index contributed by atoms with van der Waals surface area (Å²) in [5.41, 5.74) is 1.09. The third-order valence-corrected chi connectivity index (χ3v) is 3.69. The molecule has 1 rings (SSSR count). The van der Waals surface area contributed by atoms with E-state index in [-0.39, 0.29) is 5.82 Å². The van der Waals surface area contributed by atoms with Crippen molar-refractivity contribution in [2.75, 3.05) is 24.5 Å². The summed E-state index contributed by atoms with van der Waals surface area (Å²) in [5.74, 6) is -0.174. The number of halogens is 1. The molecule has 0 bridgehead atoms. The van der Waals surface area contributed by atoms with Crippen molar-refractivity contribution in [1.29, 1.82) is 0 Å². The summed E-state index contributed by atoms with van der Waals surface area (Å²) in [6.45, 7) is 9.49. The molecule has 1 atom stereocenters. The summed E-state index contributed by atoms with van der Waals surface area (Å²) in [6, 6.07) is 7.33. The van der Waals surface area contributed by atoms with E-state index in [0.717, 1.165) is 25.3 Å². The van der Waals surface area contributed by atoms with Gasteiger partial charge in [-0.25, -0.2) is 4.39 Å². The largest absolute Gasteiger partial charge is 0.371 e. The molecule has 0 spiro atoms. The van der Waals surface area contributed by atoms with Gasteiger partial charge in [-0.05, 0) is 44.5 Å². The first kappa shape index (κ1) is 17.0. The maximum atomic E-state index is 12.9. The lowest BCUT2D eigenvalue weighted by molar-refractivity contribution is 0.489. The van der Waals surface area contributed by atoms with Crippen molar-refractivity contribution in [2.24, 2.45) is 0 Å². The lowest BCUT2D eigenvalue weighted by atomic mass is 10.1. The van der Waals surface area contributed by atoms with E-state index in [1.807, 2.05) is 12.1 Å². The Morgan fingerprint density at radius 2 is 1.85 bits per heavy atom. The van der Waals surface area contributed by atoms with Gasteiger partial charge in [-0.2, -0.15) is 0 Å². The fraction of sp³-hybridized carbons (Fsp3) is 0.647. The number of likely N-dealkylation sites (N-methyl/N-ethyl adjacent to an activating group) is 1. The van der Waals surface area contributed by atoms with Crippen LogP contribution in [0.1, 0.15) is 46.5 Å². The molecule has 114 valence electrons. The quantitative estimate of drug-likeness (QED) is 0.646. The van der Waals surface area contributed by atoms with Gasteiger partial charge in [-0.3, -0.25) is 0 Å². The zero-order valence-corrected chi connectivity index (χ0v) is 13.2. The van der Waals surface area contributed by atoms with Gasteiger partial charge < -0.3 is 10.2 Å². The van der Waals surface area contributed by atoms with Gasteiger partial charge in [0.2, 0.25) is 0 Å². The molecule has 1 aromatic carbocycles. The topological polar surface area (TPSA) is 15.3 Å². The van der Waals surface area contributed by atoms with Gasteiger partial charge in [0.05, 0.1) is 0 Å². The van der Waals surface area contributed by atoms with Crippen LogP contribution < -0.4 is 10.2 Å². The Labute approximate surface area is 123 Å². The molecular formula is C17H29FN2. The van der Waals surface area contributed by atoms with Crippen molar-refractivity contribution >= 4 is 5.69 Å².